The van der Waals surface area contributed by atoms with Crippen LogP contribution in [0.3, 0.4) is 0 Å². The van der Waals surface area contributed by atoms with Crippen molar-refractivity contribution < 1.29 is 4.74 Å². The van der Waals surface area contributed by atoms with Crippen LogP contribution >= 0.6 is 0 Å². The molecule has 0 unspecified atom stereocenters. The molecule has 0 aliphatic carbocycles. The monoisotopic (exact) mass is 510 g/mol. The highest BCUT2D eigenvalue weighted by Gasteiger charge is 2.32. The van der Waals surface area contributed by atoms with E-state index in [0.29, 0.717) is 0 Å². The van der Waals surface area contributed by atoms with Gasteiger partial charge in [0.25, 0.3) is 0 Å². The molecule has 0 amide bonds. The van der Waals surface area contributed by atoms with Crippen LogP contribution in [0.25, 0.3) is 43.8 Å². The van der Waals surface area contributed by atoms with E-state index in [4.69, 9.17) is 4.74 Å². The molecule has 0 N–H and O–H groups in total. The molecule has 0 aromatic heterocycles. The average Bonchev–Trinajstić information content (AvgIpc) is 3.04. The van der Waals surface area contributed by atoms with Gasteiger partial charge in [-0.1, -0.05) is 140 Å². The summed E-state index contributed by atoms with van der Waals surface area (Å²) < 4.78 is 6.60. The quantitative estimate of drug-likeness (QED) is 0.230. The predicted molar refractivity (Wildman–Crippen MR) is 166 cm³/mol. The normalized spacial score (nSPS) is 12.6. The average molecular weight is 511 g/mol. The lowest BCUT2D eigenvalue weighted by molar-refractivity contribution is 0.456. The third kappa shape index (κ3) is 3.63. The molecule has 0 radical (unpaired) electrons. The van der Waals surface area contributed by atoms with Crippen molar-refractivity contribution in [2.75, 3.05) is 0 Å². The van der Waals surface area contributed by atoms with Crippen LogP contribution in [0.15, 0.2) is 152 Å². The van der Waals surface area contributed by atoms with Crippen molar-refractivity contribution in [1.82, 2.24) is 0 Å². The van der Waals surface area contributed by atoms with Crippen LogP contribution in [0.1, 0.15) is 22.6 Å². The van der Waals surface area contributed by atoms with Gasteiger partial charge in [-0.05, 0) is 61.5 Å². The van der Waals surface area contributed by atoms with E-state index in [9.17, 15) is 0 Å². The van der Waals surface area contributed by atoms with E-state index >= 15 is 0 Å². The first-order chi connectivity index (χ1) is 19.8. The summed E-state index contributed by atoms with van der Waals surface area (Å²) in [4.78, 5) is 0. The highest BCUT2D eigenvalue weighted by atomic mass is 16.5. The lowest BCUT2D eigenvalue weighted by Gasteiger charge is -2.31. The summed E-state index contributed by atoms with van der Waals surface area (Å²) in [5.41, 5.74) is 8.66. The van der Waals surface area contributed by atoms with Crippen LogP contribution in [-0.2, 0) is 0 Å². The van der Waals surface area contributed by atoms with Gasteiger partial charge in [0.2, 0.25) is 0 Å². The zero-order valence-corrected chi connectivity index (χ0v) is 21.9. The number of fused-ring (bicyclic) bond motifs is 6. The Bertz CT molecular complexity index is 1930. The molecule has 1 aliphatic heterocycles. The standard InChI is InChI=1S/C39H26O/c1-2-10-26(11-3-1)31-14-8-9-15-32(31)29-18-20-30(21-19-29)37-38-33-16-6-4-12-27(33)22-24-35(38)40-36-25-23-28-13-5-7-17-34(28)39(36)37/h1-25,37H. The first kappa shape index (κ1) is 22.8. The van der Waals surface area contributed by atoms with Crippen molar-refractivity contribution in [2.45, 2.75) is 5.92 Å². The van der Waals surface area contributed by atoms with Crippen LogP contribution in [0.5, 0.6) is 11.5 Å². The molecule has 40 heavy (non-hydrogen) atoms. The summed E-state index contributed by atoms with van der Waals surface area (Å²) in [6.45, 7) is 0. The van der Waals surface area contributed by atoms with E-state index in [0.717, 1.165) is 11.5 Å². The zero-order valence-electron chi connectivity index (χ0n) is 21.9. The van der Waals surface area contributed by atoms with Gasteiger partial charge in [0.1, 0.15) is 11.5 Å². The first-order valence-electron chi connectivity index (χ1n) is 13.8. The molecule has 188 valence electrons. The zero-order chi connectivity index (χ0) is 26.5. The molecule has 7 aromatic rings. The van der Waals surface area contributed by atoms with Gasteiger partial charge in [-0.3, -0.25) is 0 Å². The van der Waals surface area contributed by atoms with E-state index in [-0.39, 0.29) is 5.92 Å². The Balaban J connectivity index is 1.34. The van der Waals surface area contributed by atoms with E-state index in [1.807, 2.05) is 0 Å². The van der Waals surface area contributed by atoms with Gasteiger partial charge in [-0.15, -0.1) is 0 Å². The number of ether oxygens (including phenoxy) is 1. The highest BCUT2D eigenvalue weighted by molar-refractivity contribution is 5.95. The van der Waals surface area contributed by atoms with Crippen molar-refractivity contribution in [1.29, 1.82) is 0 Å². The Labute approximate surface area is 233 Å². The number of hydrogen-bond acceptors (Lipinski definition) is 1. The number of rotatable bonds is 3. The van der Waals surface area contributed by atoms with Crippen molar-refractivity contribution in [3.05, 3.63) is 168 Å². The minimum Gasteiger partial charge on any atom is -0.457 e. The molecule has 1 nitrogen and oxygen atoms in total. The van der Waals surface area contributed by atoms with Gasteiger partial charge in [0, 0.05) is 17.0 Å². The Morgan fingerprint density at radius 1 is 0.375 bits per heavy atom. The van der Waals surface area contributed by atoms with Crippen molar-refractivity contribution in [3.8, 4) is 33.8 Å². The van der Waals surface area contributed by atoms with Gasteiger partial charge < -0.3 is 4.74 Å². The SMILES string of the molecule is c1ccc(-c2ccccc2-c2ccc(C3c4c(ccc5ccccc45)Oc4ccc5ccccc5c43)cc2)cc1. The maximum Gasteiger partial charge on any atom is 0.132 e. The van der Waals surface area contributed by atoms with Crippen molar-refractivity contribution in [2.24, 2.45) is 0 Å². The maximum atomic E-state index is 6.60. The van der Waals surface area contributed by atoms with Gasteiger partial charge in [-0.2, -0.15) is 0 Å². The Morgan fingerprint density at radius 3 is 1.43 bits per heavy atom. The fraction of sp³-hybridized carbons (Fsp3) is 0.0256. The lowest BCUT2D eigenvalue weighted by atomic mass is 9.78. The van der Waals surface area contributed by atoms with Gasteiger partial charge in [-0.25, -0.2) is 0 Å². The topological polar surface area (TPSA) is 9.23 Å². The van der Waals surface area contributed by atoms with E-state index in [1.54, 1.807) is 0 Å². The first-order valence-corrected chi connectivity index (χ1v) is 13.8. The fourth-order valence-corrected chi connectivity index (χ4v) is 6.38. The van der Waals surface area contributed by atoms with E-state index < -0.39 is 0 Å². The summed E-state index contributed by atoms with van der Waals surface area (Å²) in [7, 11) is 0. The molecule has 0 saturated carbocycles. The molecule has 0 spiro atoms. The van der Waals surface area contributed by atoms with Crippen LogP contribution in [-0.4, -0.2) is 0 Å². The second-order valence-corrected chi connectivity index (χ2v) is 10.5. The Morgan fingerprint density at radius 2 is 0.850 bits per heavy atom. The smallest absolute Gasteiger partial charge is 0.132 e. The third-order valence-corrected chi connectivity index (χ3v) is 8.23. The molecule has 7 aromatic carbocycles. The summed E-state index contributed by atoms with van der Waals surface area (Å²) >= 11 is 0. The van der Waals surface area contributed by atoms with Crippen LogP contribution in [0, 0.1) is 0 Å². The Hall–Kier alpha value is -5.14. The summed E-state index contributed by atoms with van der Waals surface area (Å²) in [5, 5.41) is 4.93. The van der Waals surface area contributed by atoms with Crippen LogP contribution in [0.4, 0.5) is 0 Å². The van der Waals surface area contributed by atoms with Crippen molar-refractivity contribution in [3.63, 3.8) is 0 Å². The maximum absolute atomic E-state index is 6.60. The second kappa shape index (κ2) is 9.25. The molecule has 0 bridgehead atoms. The molecular formula is C39H26O. The number of hydrogen-bond donors (Lipinski definition) is 0. The van der Waals surface area contributed by atoms with E-state index in [2.05, 4.69) is 152 Å². The molecule has 1 aliphatic rings. The minimum absolute atomic E-state index is 0.0503. The van der Waals surface area contributed by atoms with Gasteiger partial charge in [0.15, 0.2) is 0 Å². The fourth-order valence-electron chi connectivity index (χ4n) is 6.38. The molecule has 1 heteroatoms. The van der Waals surface area contributed by atoms with Crippen molar-refractivity contribution >= 4 is 21.5 Å². The number of benzene rings is 7. The second-order valence-electron chi connectivity index (χ2n) is 10.5. The minimum atomic E-state index is 0.0503. The molecular weight excluding hydrogens is 484 g/mol. The van der Waals surface area contributed by atoms with Crippen LogP contribution in [0.2, 0.25) is 0 Å². The third-order valence-electron chi connectivity index (χ3n) is 8.23. The van der Waals surface area contributed by atoms with Crippen LogP contribution < -0.4 is 4.74 Å². The molecule has 0 saturated heterocycles. The predicted octanol–water partition coefficient (Wildman–Crippen LogP) is 10.6. The van der Waals surface area contributed by atoms with Gasteiger partial charge in [0.05, 0.1) is 0 Å². The largest absolute Gasteiger partial charge is 0.457 e. The lowest BCUT2D eigenvalue weighted by Crippen LogP contribution is -2.13. The molecule has 0 atom stereocenters. The van der Waals surface area contributed by atoms with E-state index in [1.165, 1.54) is 60.5 Å². The highest BCUT2D eigenvalue weighted by Crippen LogP contribution is 2.52. The molecule has 0 fully saturated rings. The van der Waals surface area contributed by atoms with Gasteiger partial charge >= 0.3 is 0 Å². The summed E-state index contributed by atoms with van der Waals surface area (Å²) in [6.07, 6.45) is 0. The summed E-state index contributed by atoms with van der Waals surface area (Å²) in [5.74, 6) is 1.92. The molecule has 1 heterocycles. The molecule has 8 rings (SSSR count). The summed E-state index contributed by atoms with van der Waals surface area (Å²) in [6, 6.07) is 54.4. The Kier molecular flexibility index (Phi) is 5.28.